The fraction of sp³-hybridized carbons (Fsp3) is 0.200. The Balaban J connectivity index is 1.37. The van der Waals surface area contributed by atoms with Crippen molar-refractivity contribution in [3.63, 3.8) is 0 Å². The monoisotopic (exact) mass is 543 g/mol. The maximum atomic E-state index is 3.96. The van der Waals surface area contributed by atoms with E-state index in [2.05, 4.69) is 132 Å². The molecule has 3 aliphatic rings. The van der Waals surface area contributed by atoms with Gasteiger partial charge in [0.05, 0.1) is 27.9 Å². The lowest BCUT2D eigenvalue weighted by atomic mass is 9.83. The van der Waals surface area contributed by atoms with E-state index >= 15 is 0 Å². The fourth-order valence-corrected chi connectivity index (χ4v) is 7.73. The molecule has 2 aliphatic carbocycles. The van der Waals surface area contributed by atoms with Gasteiger partial charge in [-0.3, -0.25) is 3.93 Å². The second-order valence-electron chi connectivity index (χ2n) is 10.8. The average molecular weight is 545 g/mol. The largest absolute Gasteiger partial charge is 0.297 e. The van der Waals surface area contributed by atoms with Crippen LogP contribution in [0.15, 0.2) is 102 Å². The van der Waals surface area contributed by atoms with Crippen LogP contribution in [-0.2, 0) is 6.42 Å². The summed E-state index contributed by atoms with van der Waals surface area (Å²) >= 11 is 3.96. The van der Waals surface area contributed by atoms with Crippen molar-refractivity contribution in [2.75, 3.05) is 3.93 Å². The van der Waals surface area contributed by atoms with Gasteiger partial charge in [-0.1, -0.05) is 84.9 Å². The van der Waals surface area contributed by atoms with Crippen LogP contribution in [0.1, 0.15) is 54.0 Å². The quantitative estimate of drug-likeness (QED) is 0.231. The van der Waals surface area contributed by atoms with Crippen molar-refractivity contribution in [1.29, 1.82) is 0 Å². The van der Waals surface area contributed by atoms with Crippen molar-refractivity contribution in [3.8, 4) is 22.3 Å². The molecule has 0 saturated heterocycles. The molecule has 2 heteroatoms. The number of rotatable bonds is 4. The number of allylic oxidation sites excluding steroid dienone is 2. The SMILES string of the molecule is CC1=C(C)C2C(=C1)c1c(cc(C)c(CCC3c4ccccc4-c4ccccc43)c1-c1ccccc1)N2Br. The maximum Gasteiger partial charge on any atom is 0.0876 e. The van der Waals surface area contributed by atoms with E-state index in [1.807, 2.05) is 0 Å². The third kappa shape index (κ3) is 3.35. The Morgan fingerprint density at radius 1 is 0.757 bits per heavy atom. The Labute approximate surface area is 228 Å². The van der Waals surface area contributed by atoms with Crippen LogP contribution in [0.5, 0.6) is 0 Å². The summed E-state index contributed by atoms with van der Waals surface area (Å²) < 4.78 is 2.31. The van der Waals surface area contributed by atoms with Crippen LogP contribution in [0.2, 0.25) is 0 Å². The molecule has 0 spiro atoms. The number of anilines is 1. The predicted octanol–water partition coefficient (Wildman–Crippen LogP) is 9.64. The number of hydrogen-bond acceptors (Lipinski definition) is 1. The topological polar surface area (TPSA) is 3.24 Å². The number of fused-ring (bicyclic) bond motifs is 6. The normalized spacial score (nSPS) is 17.6. The first-order chi connectivity index (χ1) is 18.0. The molecule has 1 atom stereocenters. The van der Waals surface area contributed by atoms with Crippen molar-refractivity contribution < 1.29 is 0 Å². The smallest absolute Gasteiger partial charge is 0.0876 e. The van der Waals surface area contributed by atoms with Gasteiger partial charge < -0.3 is 0 Å². The zero-order valence-corrected chi connectivity index (χ0v) is 23.1. The maximum absolute atomic E-state index is 3.96. The predicted molar refractivity (Wildman–Crippen MR) is 160 cm³/mol. The summed E-state index contributed by atoms with van der Waals surface area (Å²) in [6.07, 6.45) is 4.56. The molecule has 1 heterocycles. The Bertz CT molecular complexity index is 1580. The lowest BCUT2D eigenvalue weighted by Crippen LogP contribution is -2.21. The third-order valence-corrected chi connectivity index (χ3v) is 9.58. The molecule has 0 bridgehead atoms. The van der Waals surface area contributed by atoms with E-state index in [-0.39, 0.29) is 6.04 Å². The van der Waals surface area contributed by atoms with Crippen molar-refractivity contribution in [2.45, 2.75) is 45.6 Å². The number of nitrogens with zero attached hydrogens (tertiary/aromatic N) is 1. The van der Waals surface area contributed by atoms with E-state index in [0.717, 1.165) is 12.8 Å². The van der Waals surface area contributed by atoms with Crippen LogP contribution >= 0.6 is 16.1 Å². The molecular formula is C35H30BrN. The average Bonchev–Trinajstić information content (AvgIpc) is 3.50. The lowest BCUT2D eigenvalue weighted by molar-refractivity contribution is 0.728. The molecule has 1 unspecified atom stereocenters. The molecular weight excluding hydrogens is 514 g/mol. The van der Waals surface area contributed by atoms with E-state index < -0.39 is 0 Å². The van der Waals surface area contributed by atoms with Crippen LogP contribution in [0.3, 0.4) is 0 Å². The summed E-state index contributed by atoms with van der Waals surface area (Å²) in [6.45, 7) is 6.82. The molecule has 4 aromatic carbocycles. The molecule has 0 aromatic heterocycles. The summed E-state index contributed by atoms with van der Waals surface area (Å²) in [5, 5.41) is 0. The second-order valence-corrected chi connectivity index (χ2v) is 11.5. The molecule has 0 N–H and O–H groups in total. The highest BCUT2D eigenvalue weighted by Gasteiger charge is 2.40. The van der Waals surface area contributed by atoms with Gasteiger partial charge in [0.15, 0.2) is 0 Å². The van der Waals surface area contributed by atoms with Gasteiger partial charge in [-0.2, -0.15) is 0 Å². The fourth-order valence-electron chi connectivity index (χ4n) is 6.92. The Hall–Kier alpha value is -3.36. The Morgan fingerprint density at radius 3 is 2.05 bits per heavy atom. The van der Waals surface area contributed by atoms with Gasteiger partial charge in [0.25, 0.3) is 0 Å². The summed E-state index contributed by atoms with van der Waals surface area (Å²) in [6, 6.07) is 31.7. The Morgan fingerprint density at radius 2 is 1.38 bits per heavy atom. The molecule has 4 aromatic rings. The minimum atomic E-state index is 0.278. The van der Waals surface area contributed by atoms with E-state index in [1.165, 1.54) is 72.5 Å². The number of benzene rings is 4. The molecule has 0 amide bonds. The number of aryl methyl sites for hydroxylation is 1. The zero-order chi connectivity index (χ0) is 25.3. The summed E-state index contributed by atoms with van der Waals surface area (Å²) in [5.74, 6) is 0.431. The second kappa shape index (κ2) is 8.60. The van der Waals surface area contributed by atoms with Gasteiger partial charge in [0, 0.05) is 11.5 Å². The van der Waals surface area contributed by atoms with Crippen LogP contribution in [-0.4, -0.2) is 6.04 Å². The van der Waals surface area contributed by atoms with E-state index in [0.29, 0.717) is 5.92 Å². The third-order valence-electron chi connectivity index (χ3n) is 8.79. The van der Waals surface area contributed by atoms with Crippen LogP contribution in [0.4, 0.5) is 5.69 Å². The molecule has 1 nitrogen and oxygen atoms in total. The molecule has 0 fully saturated rings. The highest BCUT2D eigenvalue weighted by atomic mass is 79.9. The van der Waals surface area contributed by atoms with Gasteiger partial charge in [-0.05, 0) is 101 Å². The van der Waals surface area contributed by atoms with E-state index in [1.54, 1.807) is 0 Å². The summed E-state index contributed by atoms with van der Waals surface area (Å²) in [5.41, 5.74) is 18.3. The first-order valence-corrected chi connectivity index (χ1v) is 14.0. The van der Waals surface area contributed by atoms with Crippen molar-refractivity contribution in [3.05, 3.63) is 130 Å². The van der Waals surface area contributed by atoms with Gasteiger partial charge in [-0.25, -0.2) is 0 Å². The highest BCUT2D eigenvalue weighted by molar-refractivity contribution is 9.10. The molecule has 7 rings (SSSR count). The van der Waals surface area contributed by atoms with Gasteiger partial charge in [0.2, 0.25) is 0 Å². The van der Waals surface area contributed by atoms with Gasteiger partial charge >= 0.3 is 0 Å². The van der Waals surface area contributed by atoms with Crippen molar-refractivity contribution in [2.24, 2.45) is 0 Å². The minimum Gasteiger partial charge on any atom is -0.297 e. The molecule has 0 saturated carbocycles. The Kier molecular flexibility index (Phi) is 5.30. The van der Waals surface area contributed by atoms with E-state index in [4.69, 9.17) is 0 Å². The summed E-state index contributed by atoms with van der Waals surface area (Å²) in [4.78, 5) is 0. The first kappa shape index (κ1) is 22.8. The van der Waals surface area contributed by atoms with Crippen molar-refractivity contribution >= 4 is 27.4 Å². The first-order valence-electron chi connectivity index (χ1n) is 13.3. The summed E-state index contributed by atoms with van der Waals surface area (Å²) in [7, 11) is 0. The van der Waals surface area contributed by atoms with Crippen LogP contribution < -0.4 is 3.93 Å². The van der Waals surface area contributed by atoms with Crippen LogP contribution in [0, 0.1) is 6.92 Å². The van der Waals surface area contributed by atoms with Gasteiger partial charge in [0.1, 0.15) is 0 Å². The lowest BCUT2D eigenvalue weighted by Gasteiger charge is -2.22. The highest BCUT2D eigenvalue weighted by Crippen LogP contribution is 2.54. The molecule has 182 valence electrons. The zero-order valence-electron chi connectivity index (χ0n) is 21.6. The molecule has 1 aliphatic heterocycles. The number of halogens is 1. The van der Waals surface area contributed by atoms with Gasteiger partial charge in [-0.15, -0.1) is 0 Å². The number of hydrogen-bond donors (Lipinski definition) is 0. The standard InChI is InChI=1S/C35H30BrN/c1-21-19-31-34-32(37(36)35(31)23(21)3)20-22(2)25(33(34)24-11-5-4-6-12-24)17-18-30-28-15-9-7-13-26(28)27-14-8-10-16-29(27)30/h4-16,19-20,30,35H,17-18H2,1-3H3. The van der Waals surface area contributed by atoms with Crippen LogP contribution in [0.25, 0.3) is 27.8 Å². The van der Waals surface area contributed by atoms with E-state index in [9.17, 15) is 0 Å². The minimum absolute atomic E-state index is 0.278. The molecule has 0 radical (unpaired) electrons. The molecule has 37 heavy (non-hydrogen) atoms. The van der Waals surface area contributed by atoms with Crippen molar-refractivity contribution in [1.82, 2.24) is 0 Å².